The third kappa shape index (κ3) is 4.50. The van der Waals surface area contributed by atoms with Crippen LogP contribution in [-0.2, 0) is 6.54 Å². The molecule has 0 spiro atoms. The third-order valence-corrected chi connectivity index (χ3v) is 3.51. The highest BCUT2D eigenvalue weighted by Gasteiger charge is 2.08. The summed E-state index contributed by atoms with van der Waals surface area (Å²) in [7, 11) is 1.70. The Morgan fingerprint density at radius 2 is 1.90 bits per heavy atom. The molecule has 3 heteroatoms. The van der Waals surface area contributed by atoms with Crippen LogP contribution in [0.25, 0.3) is 0 Å². The number of rotatable bonds is 7. The van der Waals surface area contributed by atoms with E-state index < -0.39 is 0 Å². The quantitative estimate of drug-likeness (QED) is 0.847. The molecule has 0 aliphatic carbocycles. The zero-order valence-electron chi connectivity index (χ0n) is 12.9. The summed E-state index contributed by atoms with van der Waals surface area (Å²) in [5.74, 6) is 0.899. The molecule has 0 saturated carbocycles. The van der Waals surface area contributed by atoms with Gasteiger partial charge in [0, 0.05) is 18.8 Å². The van der Waals surface area contributed by atoms with Crippen LogP contribution in [0.15, 0.2) is 48.5 Å². The number of benzene rings is 2. The predicted molar refractivity (Wildman–Crippen MR) is 88.9 cm³/mol. The van der Waals surface area contributed by atoms with Gasteiger partial charge in [-0.3, -0.25) is 0 Å². The summed E-state index contributed by atoms with van der Waals surface area (Å²) in [5.41, 5.74) is 9.44. The summed E-state index contributed by atoms with van der Waals surface area (Å²) in [6, 6.07) is 16.8. The van der Waals surface area contributed by atoms with Gasteiger partial charge in [-0.15, -0.1) is 0 Å². The fraction of sp³-hybridized carbons (Fsp3) is 0.333. The van der Waals surface area contributed by atoms with E-state index in [0.29, 0.717) is 6.54 Å². The van der Waals surface area contributed by atoms with Crippen LogP contribution >= 0.6 is 0 Å². The maximum Gasteiger partial charge on any atom is 0.119 e. The Morgan fingerprint density at radius 1 is 1.10 bits per heavy atom. The van der Waals surface area contributed by atoms with Crippen molar-refractivity contribution in [2.75, 3.05) is 25.1 Å². The van der Waals surface area contributed by atoms with E-state index >= 15 is 0 Å². The molecule has 0 radical (unpaired) electrons. The largest absolute Gasteiger partial charge is 0.497 e. The third-order valence-electron chi connectivity index (χ3n) is 3.51. The van der Waals surface area contributed by atoms with Gasteiger partial charge in [0.25, 0.3) is 0 Å². The molecule has 2 rings (SSSR count). The van der Waals surface area contributed by atoms with Crippen LogP contribution in [0, 0.1) is 6.92 Å². The molecule has 0 fully saturated rings. The molecule has 0 bridgehead atoms. The smallest absolute Gasteiger partial charge is 0.119 e. The first-order chi connectivity index (χ1) is 10.2. The van der Waals surface area contributed by atoms with E-state index in [-0.39, 0.29) is 0 Å². The second kappa shape index (κ2) is 7.70. The van der Waals surface area contributed by atoms with Gasteiger partial charge in [-0.1, -0.05) is 24.3 Å². The highest BCUT2D eigenvalue weighted by Crippen LogP contribution is 2.21. The zero-order valence-corrected chi connectivity index (χ0v) is 12.9. The number of aryl methyl sites for hydroxylation is 1. The van der Waals surface area contributed by atoms with Crippen molar-refractivity contribution in [2.45, 2.75) is 19.9 Å². The molecule has 112 valence electrons. The fourth-order valence-corrected chi connectivity index (χ4v) is 2.40. The van der Waals surface area contributed by atoms with Gasteiger partial charge >= 0.3 is 0 Å². The summed E-state index contributed by atoms with van der Waals surface area (Å²) in [5, 5.41) is 0. The molecule has 2 N–H and O–H groups in total. The molecule has 2 aromatic carbocycles. The van der Waals surface area contributed by atoms with E-state index in [2.05, 4.69) is 48.2 Å². The minimum atomic E-state index is 0.709. The number of anilines is 1. The molecule has 0 unspecified atom stereocenters. The normalized spacial score (nSPS) is 10.4. The van der Waals surface area contributed by atoms with Crippen molar-refractivity contribution in [3.05, 3.63) is 59.7 Å². The second-order valence-electron chi connectivity index (χ2n) is 5.25. The first kappa shape index (κ1) is 15.4. The van der Waals surface area contributed by atoms with Crippen LogP contribution in [0.1, 0.15) is 17.5 Å². The van der Waals surface area contributed by atoms with Crippen molar-refractivity contribution in [1.29, 1.82) is 0 Å². The standard InChI is InChI=1S/C18H24N2O/c1-15-6-3-8-17(12-15)20(11-5-10-19)14-16-7-4-9-18(13-16)21-2/h3-4,6-9,12-13H,5,10-11,14,19H2,1-2H3. The van der Waals surface area contributed by atoms with Crippen LogP contribution in [0.3, 0.4) is 0 Å². The topological polar surface area (TPSA) is 38.5 Å². The number of methoxy groups -OCH3 is 1. The van der Waals surface area contributed by atoms with Crippen LogP contribution in [-0.4, -0.2) is 20.2 Å². The monoisotopic (exact) mass is 284 g/mol. The Labute approximate surface area is 127 Å². The van der Waals surface area contributed by atoms with Crippen LogP contribution in [0.4, 0.5) is 5.69 Å². The Morgan fingerprint density at radius 3 is 2.62 bits per heavy atom. The lowest BCUT2D eigenvalue weighted by molar-refractivity contribution is 0.414. The highest BCUT2D eigenvalue weighted by atomic mass is 16.5. The molecule has 0 amide bonds. The Hall–Kier alpha value is -2.00. The second-order valence-corrected chi connectivity index (χ2v) is 5.25. The molecule has 3 nitrogen and oxygen atoms in total. The fourth-order valence-electron chi connectivity index (χ4n) is 2.40. The van der Waals surface area contributed by atoms with Gasteiger partial charge < -0.3 is 15.4 Å². The lowest BCUT2D eigenvalue weighted by atomic mass is 10.1. The highest BCUT2D eigenvalue weighted by molar-refractivity contribution is 5.49. The SMILES string of the molecule is COc1cccc(CN(CCCN)c2cccc(C)c2)c1. The lowest BCUT2D eigenvalue weighted by Crippen LogP contribution is -2.25. The number of hydrogen-bond acceptors (Lipinski definition) is 3. The first-order valence-electron chi connectivity index (χ1n) is 7.37. The van der Waals surface area contributed by atoms with Gasteiger partial charge in [0.15, 0.2) is 0 Å². The predicted octanol–water partition coefficient (Wildman–Crippen LogP) is 3.36. The van der Waals surface area contributed by atoms with Crippen molar-refractivity contribution < 1.29 is 4.74 Å². The van der Waals surface area contributed by atoms with E-state index in [9.17, 15) is 0 Å². The van der Waals surface area contributed by atoms with Gasteiger partial charge in [0.2, 0.25) is 0 Å². The van der Waals surface area contributed by atoms with Gasteiger partial charge in [-0.25, -0.2) is 0 Å². The molecule has 2 aromatic rings. The molecule has 0 heterocycles. The lowest BCUT2D eigenvalue weighted by Gasteiger charge is -2.25. The van der Waals surface area contributed by atoms with E-state index in [0.717, 1.165) is 25.3 Å². The average molecular weight is 284 g/mol. The minimum absolute atomic E-state index is 0.709. The zero-order chi connectivity index (χ0) is 15.1. The van der Waals surface area contributed by atoms with E-state index in [1.807, 2.05) is 12.1 Å². The summed E-state index contributed by atoms with van der Waals surface area (Å²) < 4.78 is 5.30. The maximum absolute atomic E-state index is 5.68. The maximum atomic E-state index is 5.68. The summed E-state index contributed by atoms with van der Waals surface area (Å²) in [6.07, 6.45) is 0.984. The Kier molecular flexibility index (Phi) is 5.64. The van der Waals surface area contributed by atoms with Crippen LogP contribution in [0.2, 0.25) is 0 Å². The number of nitrogens with zero attached hydrogens (tertiary/aromatic N) is 1. The molecule has 0 atom stereocenters. The Balaban J connectivity index is 2.19. The van der Waals surface area contributed by atoms with E-state index in [1.165, 1.54) is 16.8 Å². The van der Waals surface area contributed by atoms with Gasteiger partial charge in [-0.2, -0.15) is 0 Å². The Bertz CT molecular complexity index is 569. The van der Waals surface area contributed by atoms with Crippen molar-refractivity contribution in [3.8, 4) is 5.75 Å². The number of hydrogen-bond donors (Lipinski definition) is 1. The number of nitrogens with two attached hydrogens (primary N) is 1. The molecular formula is C18H24N2O. The molecule has 0 saturated heterocycles. The van der Waals surface area contributed by atoms with Crippen molar-refractivity contribution in [1.82, 2.24) is 0 Å². The van der Waals surface area contributed by atoms with Gasteiger partial charge in [-0.05, 0) is 55.3 Å². The van der Waals surface area contributed by atoms with Crippen LogP contribution in [0.5, 0.6) is 5.75 Å². The molecule has 0 aliphatic rings. The summed E-state index contributed by atoms with van der Waals surface area (Å²) >= 11 is 0. The van der Waals surface area contributed by atoms with Gasteiger partial charge in [0.1, 0.15) is 5.75 Å². The van der Waals surface area contributed by atoms with Crippen molar-refractivity contribution in [3.63, 3.8) is 0 Å². The average Bonchev–Trinajstić information content (AvgIpc) is 2.51. The molecule has 0 aromatic heterocycles. The summed E-state index contributed by atoms with van der Waals surface area (Å²) in [4.78, 5) is 2.37. The molecule has 0 aliphatic heterocycles. The first-order valence-corrected chi connectivity index (χ1v) is 7.37. The minimum Gasteiger partial charge on any atom is -0.497 e. The van der Waals surface area contributed by atoms with Gasteiger partial charge in [0.05, 0.1) is 7.11 Å². The van der Waals surface area contributed by atoms with Crippen molar-refractivity contribution >= 4 is 5.69 Å². The molecular weight excluding hydrogens is 260 g/mol. The van der Waals surface area contributed by atoms with Crippen LogP contribution < -0.4 is 15.4 Å². The van der Waals surface area contributed by atoms with Crippen molar-refractivity contribution in [2.24, 2.45) is 5.73 Å². The van der Waals surface area contributed by atoms with E-state index in [4.69, 9.17) is 10.5 Å². The van der Waals surface area contributed by atoms with E-state index in [1.54, 1.807) is 7.11 Å². The number of ether oxygens (including phenoxy) is 1. The summed E-state index contributed by atoms with van der Waals surface area (Å²) in [6.45, 7) is 4.65. The molecule has 21 heavy (non-hydrogen) atoms.